The zero-order valence-electron chi connectivity index (χ0n) is 15.6. The number of rotatable bonds is 2. The van der Waals surface area contributed by atoms with Crippen molar-refractivity contribution in [2.24, 2.45) is 0 Å². The lowest BCUT2D eigenvalue weighted by atomic mass is 10.1. The fourth-order valence-electron chi connectivity index (χ4n) is 3.57. The van der Waals surface area contributed by atoms with Crippen LogP contribution in [0, 0.1) is 6.92 Å². The molecule has 0 unspecified atom stereocenters. The second kappa shape index (κ2) is 5.80. The second-order valence-electron chi connectivity index (χ2n) is 8.28. The van der Waals surface area contributed by atoms with Gasteiger partial charge in [0.15, 0.2) is 5.65 Å². The predicted octanol–water partition coefficient (Wildman–Crippen LogP) is 2.42. The van der Waals surface area contributed by atoms with Crippen LogP contribution in [0.2, 0.25) is 0 Å². The van der Waals surface area contributed by atoms with Gasteiger partial charge in [-0.05, 0) is 46.6 Å². The van der Waals surface area contributed by atoms with Gasteiger partial charge in [-0.2, -0.15) is 5.10 Å². The highest BCUT2D eigenvalue weighted by Gasteiger charge is 2.31. The largest absolute Gasteiger partial charge is 0.336 e. The highest BCUT2D eigenvalue weighted by molar-refractivity contribution is 6.06. The lowest BCUT2D eigenvalue weighted by Crippen LogP contribution is -2.46. The van der Waals surface area contributed by atoms with E-state index in [0.717, 1.165) is 54.2 Å². The molecule has 134 valence electrons. The quantitative estimate of drug-likeness (QED) is 0.911. The molecule has 6 nitrogen and oxygen atoms in total. The van der Waals surface area contributed by atoms with Gasteiger partial charge in [0.25, 0.3) is 5.91 Å². The zero-order valence-corrected chi connectivity index (χ0v) is 15.6. The Morgan fingerprint density at radius 1 is 1.24 bits per heavy atom. The molecule has 2 fully saturated rings. The summed E-state index contributed by atoms with van der Waals surface area (Å²) < 4.78 is 1.98. The molecule has 0 bridgehead atoms. The van der Waals surface area contributed by atoms with Crippen LogP contribution in [0.4, 0.5) is 0 Å². The van der Waals surface area contributed by atoms with Crippen LogP contribution >= 0.6 is 0 Å². The molecule has 0 spiro atoms. The summed E-state index contributed by atoms with van der Waals surface area (Å²) in [7, 11) is 0. The summed E-state index contributed by atoms with van der Waals surface area (Å²) in [4.78, 5) is 20.1. The number of hydrogen-bond donors (Lipinski definition) is 1. The van der Waals surface area contributed by atoms with E-state index in [1.54, 1.807) is 0 Å². The molecule has 0 aromatic carbocycles. The number of hydrogen-bond acceptors (Lipinski definition) is 4. The van der Waals surface area contributed by atoms with Crippen LogP contribution in [0.1, 0.15) is 61.3 Å². The molecule has 1 aliphatic carbocycles. The number of carbonyl (C=O) groups excluding carboxylic acids is 1. The third kappa shape index (κ3) is 2.92. The van der Waals surface area contributed by atoms with Crippen LogP contribution in [0.3, 0.4) is 0 Å². The molecule has 25 heavy (non-hydrogen) atoms. The maximum absolute atomic E-state index is 13.3. The van der Waals surface area contributed by atoms with E-state index in [1.807, 2.05) is 22.6 Å². The number of amides is 1. The highest BCUT2D eigenvalue weighted by atomic mass is 16.2. The van der Waals surface area contributed by atoms with Gasteiger partial charge in [0.1, 0.15) is 0 Å². The Morgan fingerprint density at radius 2 is 1.92 bits per heavy atom. The lowest BCUT2D eigenvalue weighted by Gasteiger charge is -2.28. The van der Waals surface area contributed by atoms with Gasteiger partial charge in [0, 0.05) is 37.8 Å². The van der Waals surface area contributed by atoms with Crippen LogP contribution in [-0.2, 0) is 5.54 Å². The number of pyridine rings is 1. The monoisotopic (exact) mass is 341 g/mol. The van der Waals surface area contributed by atoms with E-state index in [-0.39, 0.29) is 11.4 Å². The Kier molecular flexibility index (Phi) is 3.83. The molecule has 1 amide bonds. The molecular formula is C19H27N5O. The summed E-state index contributed by atoms with van der Waals surface area (Å²) in [6.07, 6.45) is 2.34. The summed E-state index contributed by atoms with van der Waals surface area (Å²) in [5.41, 5.74) is 3.40. The van der Waals surface area contributed by atoms with Gasteiger partial charge < -0.3 is 10.2 Å². The number of aryl methyl sites for hydroxylation is 1. The van der Waals surface area contributed by atoms with Crippen molar-refractivity contribution in [1.29, 1.82) is 0 Å². The van der Waals surface area contributed by atoms with Crippen molar-refractivity contribution < 1.29 is 4.79 Å². The molecule has 1 aliphatic heterocycles. The van der Waals surface area contributed by atoms with Gasteiger partial charge in [0.05, 0.1) is 22.2 Å². The Morgan fingerprint density at radius 3 is 2.52 bits per heavy atom. The van der Waals surface area contributed by atoms with Crippen LogP contribution in [-0.4, -0.2) is 51.8 Å². The predicted molar refractivity (Wildman–Crippen MR) is 98.0 cm³/mol. The van der Waals surface area contributed by atoms with Crippen molar-refractivity contribution in [1.82, 2.24) is 25.0 Å². The number of fused-ring (bicyclic) bond motifs is 1. The summed E-state index contributed by atoms with van der Waals surface area (Å²) in [5, 5.41) is 8.97. The smallest absolute Gasteiger partial charge is 0.254 e. The van der Waals surface area contributed by atoms with Crippen molar-refractivity contribution in [2.75, 3.05) is 26.2 Å². The average Bonchev–Trinajstić information content (AvgIpc) is 3.37. The normalized spacial score (nSPS) is 18.8. The van der Waals surface area contributed by atoms with Crippen LogP contribution in [0.5, 0.6) is 0 Å². The minimum Gasteiger partial charge on any atom is -0.336 e. The van der Waals surface area contributed by atoms with Gasteiger partial charge in [0.2, 0.25) is 0 Å². The molecule has 0 atom stereocenters. The average molecular weight is 341 g/mol. The molecule has 6 heteroatoms. The molecule has 2 aromatic heterocycles. The third-order valence-corrected chi connectivity index (χ3v) is 5.10. The first-order valence-electron chi connectivity index (χ1n) is 9.27. The Hall–Kier alpha value is -1.95. The summed E-state index contributed by atoms with van der Waals surface area (Å²) >= 11 is 0. The first kappa shape index (κ1) is 16.5. The Bertz CT molecular complexity index is 822. The number of carbonyl (C=O) groups is 1. The molecule has 1 saturated heterocycles. The maximum atomic E-state index is 13.3. The fraction of sp³-hybridized carbons (Fsp3) is 0.632. The number of nitrogens with zero attached hydrogens (tertiary/aromatic N) is 4. The van der Waals surface area contributed by atoms with Crippen LogP contribution in [0.15, 0.2) is 6.07 Å². The van der Waals surface area contributed by atoms with E-state index in [4.69, 9.17) is 10.1 Å². The van der Waals surface area contributed by atoms with Crippen molar-refractivity contribution in [2.45, 2.75) is 52.0 Å². The molecule has 2 aliphatic rings. The van der Waals surface area contributed by atoms with E-state index in [1.165, 1.54) is 12.8 Å². The number of aromatic nitrogens is 3. The standard InChI is InChI=1S/C19H27N5O/c1-12-16-14(18(25)23-9-7-20-8-10-23)11-15(13-5-6-13)21-17(16)24(22-12)19(2,3)4/h11,13,20H,5-10H2,1-4H3. The first-order valence-corrected chi connectivity index (χ1v) is 9.27. The highest BCUT2D eigenvalue weighted by Crippen LogP contribution is 2.41. The number of nitrogens with one attached hydrogen (secondary N) is 1. The maximum Gasteiger partial charge on any atom is 0.254 e. The van der Waals surface area contributed by atoms with E-state index in [2.05, 4.69) is 26.1 Å². The summed E-state index contributed by atoms with van der Waals surface area (Å²) in [6, 6.07) is 2.03. The van der Waals surface area contributed by atoms with E-state index in [9.17, 15) is 4.79 Å². The SMILES string of the molecule is Cc1nn(C(C)(C)C)c2nc(C3CC3)cc(C(=O)N3CCNCC3)c12. The van der Waals surface area contributed by atoms with Gasteiger partial charge in [-0.25, -0.2) is 9.67 Å². The summed E-state index contributed by atoms with van der Waals surface area (Å²) in [5.74, 6) is 0.620. The minimum atomic E-state index is -0.170. The zero-order chi connectivity index (χ0) is 17.8. The van der Waals surface area contributed by atoms with Gasteiger partial charge in [-0.1, -0.05) is 0 Å². The van der Waals surface area contributed by atoms with Crippen LogP contribution < -0.4 is 5.32 Å². The van der Waals surface area contributed by atoms with Gasteiger partial charge in [-0.15, -0.1) is 0 Å². The first-order chi connectivity index (χ1) is 11.9. The van der Waals surface area contributed by atoms with E-state index in [0.29, 0.717) is 5.92 Å². The summed E-state index contributed by atoms with van der Waals surface area (Å²) in [6.45, 7) is 11.6. The molecule has 3 heterocycles. The minimum absolute atomic E-state index is 0.118. The Labute approximate surface area is 148 Å². The fourth-order valence-corrected chi connectivity index (χ4v) is 3.57. The molecule has 0 radical (unpaired) electrons. The topological polar surface area (TPSA) is 63.1 Å². The third-order valence-electron chi connectivity index (χ3n) is 5.10. The molecule has 2 aromatic rings. The van der Waals surface area contributed by atoms with Crippen molar-refractivity contribution in [3.05, 3.63) is 23.0 Å². The lowest BCUT2D eigenvalue weighted by molar-refractivity contribution is 0.0737. The van der Waals surface area contributed by atoms with E-state index >= 15 is 0 Å². The second-order valence-corrected chi connectivity index (χ2v) is 8.28. The molecule has 4 rings (SSSR count). The molecular weight excluding hydrogens is 314 g/mol. The molecule has 1 N–H and O–H groups in total. The molecule has 1 saturated carbocycles. The van der Waals surface area contributed by atoms with E-state index < -0.39 is 0 Å². The van der Waals surface area contributed by atoms with Gasteiger partial charge in [-0.3, -0.25) is 4.79 Å². The van der Waals surface area contributed by atoms with Gasteiger partial charge >= 0.3 is 0 Å². The Balaban J connectivity index is 1.90. The van der Waals surface area contributed by atoms with Crippen molar-refractivity contribution in [3.8, 4) is 0 Å². The van der Waals surface area contributed by atoms with Crippen LogP contribution in [0.25, 0.3) is 11.0 Å². The van der Waals surface area contributed by atoms with Crippen molar-refractivity contribution >= 4 is 16.9 Å². The van der Waals surface area contributed by atoms with Crippen molar-refractivity contribution in [3.63, 3.8) is 0 Å². The number of piperazine rings is 1.